The second-order valence-electron chi connectivity index (χ2n) is 14.9. The molecule has 0 saturated carbocycles. The van der Waals surface area contributed by atoms with E-state index in [2.05, 4.69) is 61.8 Å². The number of carbonyl (C=O) groups is 2. The van der Waals surface area contributed by atoms with Crippen LogP contribution in [0, 0.1) is 0 Å². The van der Waals surface area contributed by atoms with E-state index in [9.17, 15) is 9.59 Å². The Labute approximate surface area is 319 Å². The Hall–Kier alpha value is -2.70. The van der Waals surface area contributed by atoms with Crippen LogP contribution >= 0.6 is 0 Å². The summed E-state index contributed by atoms with van der Waals surface area (Å²) in [6.45, 7) is 14.2. The van der Waals surface area contributed by atoms with Crippen LogP contribution in [0.2, 0.25) is 0 Å². The van der Waals surface area contributed by atoms with E-state index < -0.39 is 0 Å². The van der Waals surface area contributed by atoms with Gasteiger partial charge >= 0.3 is 11.9 Å². The molecule has 0 fully saturated rings. The molecule has 0 heterocycles. The first kappa shape index (κ1) is 45.5. The Morgan fingerprint density at radius 3 is 0.942 bits per heavy atom. The molecule has 0 radical (unpaired) electrons. The molecule has 6 heteroatoms. The molecule has 0 N–H and O–H groups in total. The molecule has 0 aliphatic heterocycles. The van der Waals surface area contributed by atoms with Crippen molar-refractivity contribution in [1.82, 2.24) is 9.80 Å². The second kappa shape index (κ2) is 30.7. The Bertz CT molecular complexity index is 1030. The quantitative estimate of drug-likeness (QED) is 0.0540. The van der Waals surface area contributed by atoms with E-state index in [0.29, 0.717) is 26.3 Å². The molecule has 0 bridgehead atoms. The summed E-state index contributed by atoms with van der Waals surface area (Å²) in [5.74, 6) is -0.278. The molecule has 294 valence electrons. The van der Waals surface area contributed by atoms with Crippen molar-refractivity contribution in [2.24, 2.45) is 0 Å². The van der Waals surface area contributed by atoms with Crippen LogP contribution in [-0.4, -0.2) is 61.0 Å². The van der Waals surface area contributed by atoms with Gasteiger partial charge in [-0.1, -0.05) is 179 Å². The standard InChI is InChI=1S/C46H76N2O4/c1-5-9-13-17-21-33-47(34-22-18-14-10-6-2)37-45(49)51-39-41-25-29-43(30-26-41)44-31-27-42(28-32-44)40-52-46(50)38-48(35-23-19-15-11-7-3)36-24-20-16-12-8-4/h25-32H,5-24,33-40H2,1-4H3. The Kier molecular flexibility index (Phi) is 26.9. The van der Waals surface area contributed by atoms with Crippen molar-refractivity contribution in [1.29, 1.82) is 0 Å². The third-order valence-corrected chi connectivity index (χ3v) is 10.1. The summed E-state index contributed by atoms with van der Waals surface area (Å²) >= 11 is 0. The van der Waals surface area contributed by atoms with E-state index in [1.807, 2.05) is 24.3 Å². The van der Waals surface area contributed by atoms with Gasteiger partial charge in [-0.2, -0.15) is 0 Å². The first-order valence-corrected chi connectivity index (χ1v) is 21.4. The molecule has 0 amide bonds. The summed E-state index contributed by atoms with van der Waals surface area (Å²) in [6.07, 6.45) is 24.8. The van der Waals surface area contributed by atoms with Crippen LogP contribution in [0.5, 0.6) is 0 Å². The lowest BCUT2D eigenvalue weighted by Gasteiger charge is -2.21. The largest absolute Gasteiger partial charge is 0.460 e. The molecular formula is C46H76N2O4. The van der Waals surface area contributed by atoms with Gasteiger partial charge in [0.2, 0.25) is 0 Å². The molecule has 2 aromatic carbocycles. The maximum absolute atomic E-state index is 12.8. The molecule has 6 nitrogen and oxygen atoms in total. The summed E-state index contributed by atoms with van der Waals surface area (Å²) in [5, 5.41) is 0. The number of ether oxygens (including phenoxy) is 2. The van der Waals surface area contributed by atoms with Crippen LogP contribution in [0.15, 0.2) is 48.5 Å². The molecule has 2 rings (SSSR count). The van der Waals surface area contributed by atoms with E-state index in [0.717, 1.165) is 74.1 Å². The fourth-order valence-electron chi connectivity index (χ4n) is 6.67. The van der Waals surface area contributed by atoms with Crippen LogP contribution in [0.4, 0.5) is 0 Å². The molecule has 0 saturated heterocycles. The fraction of sp³-hybridized carbons (Fsp3) is 0.696. The van der Waals surface area contributed by atoms with Crippen molar-refractivity contribution >= 4 is 11.9 Å². The highest BCUT2D eigenvalue weighted by atomic mass is 16.5. The average molecular weight is 721 g/mol. The maximum Gasteiger partial charge on any atom is 0.320 e. The van der Waals surface area contributed by atoms with Gasteiger partial charge in [0.15, 0.2) is 0 Å². The minimum absolute atomic E-state index is 0.139. The van der Waals surface area contributed by atoms with Crippen molar-refractivity contribution in [2.45, 2.75) is 169 Å². The van der Waals surface area contributed by atoms with Gasteiger partial charge in [0.1, 0.15) is 13.2 Å². The van der Waals surface area contributed by atoms with Crippen molar-refractivity contribution in [3.63, 3.8) is 0 Å². The first-order chi connectivity index (χ1) is 25.5. The number of hydrogen-bond donors (Lipinski definition) is 0. The van der Waals surface area contributed by atoms with E-state index in [-0.39, 0.29) is 11.9 Å². The SMILES string of the molecule is CCCCCCCN(CCCCCCC)CC(=O)OCc1ccc(-c2ccc(COC(=O)CN(CCCCCCC)CCCCCCC)cc2)cc1. The smallest absolute Gasteiger partial charge is 0.320 e. The van der Waals surface area contributed by atoms with E-state index >= 15 is 0 Å². The average Bonchev–Trinajstić information content (AvgIpc) is 3.16. The molecule has 0 unspecified atom stereocenters. The van der Waals surface area contributed by atoms with Crippen LogP contribution < -0.4 is 0 Å². The molecule has 2 aromatic rings. The zero-order valence-electron chi connectivity index (χ0n) is 33.9. The van der Waals surface area contributed by atoms with Gasteiger partial charge in [0.25, 0.3) is 0 Å². The maximum atomic E-state index is 12.8. The third kappa shape index (κ3) is 22.4. The van der Waals surface area contributed by atoms with Crippen molar-refractivity contribution in [2.75, 3.05) is 39.3 Å². The summed E-state index contributed by atoms with van der Waals surface area (Å²) < 4.78 is 11.4. The lowest BCUT2D eigenvalue weighted by Crippen LogP contribution is -2.32. The van der Waals surface area contributed by atoms with Gasteiger partial charge < -0.3 is 9.47 Å². The van der Waals surface area contributed by atoms with Crippen LogP contribution in [-0.2, 0) is 32.3 Å². The van der Waals surface area contributed by atoms with Crippen LogP contribution in [0.25, 0.3) is 11.1 Å². The van der Waals surface area contributed by atoms with Gasteiger partial charge in [0, 0.05) is 0 Å². The number of hydrogen-bond acceptors (Lipinski definition) is 6. The molecule has 52 heavy (non-hydrogen) atoms. The number of rotatable bonds is 33. The molecule has 0 aromatic heterocycles. The molecule has 0 atom stereocenters. The van der Waals surface area contributed by atoms with E-state index in [1.54, 1.807) is 0 Å². The van der Waals surface area contributed by atoms with E-state index in [1.165, 1.54) is 103 Å². The first-order valence-electron chi connectivity index (χ1n) is 21.4. The van der Waals surface area contributed by atoms with Gasteiger partial charge in [-0.3, -0.25) is 19.4 Å². The predicted octanol–water partition coefficient (Wildman–Crippen LogP) is 11.9. The van der Waals surface area contributed by atoms with Crippen molar-refractivity contribution in [3.05, 3.63) is 59.7 Å². The highest BCUT2D eigenvalue weighted by Gasteiger charge is 2.14. The number of nitrogens with zero attached hydrogens (tertiary/aromatic N) is 2. The molecular weight excluding hydrogens is 645 g/mol. The normalized spacial score (nSPS) is 11.4. The van der Waals surface area contributed by atoms with Crippen LogP contribution in [0.1, 0.15) is 167 Å². The number of unbranched alkanes of at least 4 members (excludes halogenated alkanes) is 16. The zero-order valence-corrected chi connectivity index (χ0v) is 33.9. The van der Waals surface area contributed by atoms with Gasteiger partial charge in [-0.25, -0.2) is 0 Å². The van der Waals surface area contributed by atoms with Crippen LogP contribution in [0.3, 0.4) is 0 Å². The minimum atomic E-state index is -0.139. The lowest BCUT2D eigenvalue weighted by molar-refractivity contribution is -0.147. The summed E-state index contributed by atoms with van der Waals surface area (Å²) in [7, 11) is 0. The Balaban J connectivity index is 1.80. The summed E-state index contributed by atoms with van der Waals surface area (Å²) in [5.41, 5.74) is 4.18. The van der Waals surface area contributed by atoms with E-state index in [4.69, 9.17) is 9.47 Å². The summed E-state index contributed by atoms with van der Waals surface area (Å²) in [6, 6.07) is 16.5. The fourth-order valence-corrected chi connectivity index (χ4v) is 6.67. The monoisotopic (exact) mass is 721 g/mol. The topological polar surface area (TPSA) is 59.1 Å². The molecule has 0 spiro atoms. The number of esters is 2. The Morgan fingerprint density at radius 1 is 0.404 bits per heavy atom. The number of carbonyl (C=O) groups excluding carboxylic acids is 2. The van der Waals surface area contributed by atoms with Crippen molar-refractivity contribution in [3.8, 4) is 11.1 Å². The number of benzene rings is 2. The lowest BCUT2D eigenvalue weighted by atomic mass is 10.0. The Morgan fingerprint density at radius 2 is 0.673 bits per heavy atom. The van der Waals surface area contributed by atoms with Gasteiger partial charge in [-0.15, -0.1) is 0 Å². The zero-order chi connectivity index (χ0) is 37.5. The highest BCUT2D eigenvalue weighted by Crippen LogP contribution is 2.21. The highest BCUT2D eigenvalue weighted by molar-refractivity contribution is 5.72. The molecule has 0 aliphatic carbocycles. The molecule has 0 aliphatic rings. The predicted molar refractivity (Wildman–Crippen MR) is 219 cm³/mol. The van der Waals surface area contributed by atoms with Crippen molar-refractivity contribution < 1.29 is 19.1 Å². The van der Waals surface area contributed by atoms with Gasteiger partial charge in [0.05, 0.1) is 13.1 Å². The third-order valence-electron chi connectivity index (χ3n) is 10.1. The summed E-state index contributed by atoms with van der Waals surface area (Å²) in [4.78, 5) is 30.2. The second-order valence-corrected chi connectivity index (χ2v) is 14.9. The minimum Gasteiger partial charge on any atom is -0.460 e. The van der Waals surface area contributed by atoms with Gasteiger partial charge in [-0.05, 0) is 74.1 Å².